The second kappa shape index (κ2) is 16.3. The van der Waals surface area contributed by atoms with E-state index in [2.05, 4.69) is 15.3 Å². The summed E-state index contributed by atoms with van der Waals surface area (Å²) in [6.07, 6.45) is 7.25. The molecule has 13 heteroatoms. The molecule has 1 aliphatic heterocycles. The van der Waals surface area contributed by atoms with Gasteiger partial charge in [0, 0.05) is 53.4 Å². The van der Waals surface area contributed by atoms with Crippen molar-refractivity contribution in [1.29, 1.82) is 0 Å². The molecule has 0 radical (unpaired) electrons. The third-order valence-corrected chi connectivity index (χ3v) is 9.45. The quantitative estimate of drug-likeness (QED) is 0.0513. The lowest BCUT2D eigenvalue weighted by Crippen LogP contribution is -2.41. The van der Waals surface area contributed by atoms with Crippen LogP contribution in [0.1, 0.15) is 17.5 Å². The fourth-order valence-corrected chi connectivity index (χ4v) is 6.75. The summed E-state index contributed by atoms with van der Waals surface area (Å²) in [5, 5.41) is 15.6. The van der Waals surface area contributed by atoms with Crippen LogP contribution >= 0.6 is 11.6 Å². The van der Waals surface area contributed by atoms with Gasteiger partial charge in [-0.1, -0.05) is 59.1 Å². The first-order valence-electron chi connectivity index (χ1n) is 17.2. The number of halogens is 1. The zero-order valence-electron chi connectivity index (χ0n) is 30.4. The molecule has 12 nitrogen and oxygen atoms in total. The van der Waals surface area contributed by atoms with E-state index in [0.29, 0.717) is 68.9 Å². The van der Waals surface area contributed by atoms with Gasteiger partial charge in [-0.2, -0.15) is 0 Å². The summed E-state index contributed by atoms with van der Waals surface area (Å²) in [5.41, 5.74) is 4.31. The topological polar surface area (TPSA) is 138 Å². The number of allylic oxidation sites excluding steroid dienone is 1. The maximum Gasteiger partial charge on any atom is 0.368 e. The smallest absolute Gasteiger partial charge is 0.368 e. The predicted molar refractivity (Wildman–Crippen MR) is 212 cm³/mol. The van der Waals surface area contributed by atoms with Gasteiger partial charge in [-0.15, -0.1) is 0 Å². The van der Waals surface area contributed by atoms with Crippen LogP contribution in [0.5, 0.6) is 11.5 Å². The molecule has 0 spiro atoms. The molecule has 1 N–H and O–H groups in total. The number of carbonyl (C=O) groups excluding carboxylic acids is 1. The number of fused-ring (bicyclic) bond motifs is 1. The van der Waals surface area contributed by atoms with Crippen molar-refractivity contribution in [2.45, 2.75) is 19.4 Å². The number of carbonyl (C=O) groups is 1. The average molecular weight is 748 g/mol. The van der Waals surface area contributed by atoms with Crippen LogP contribution in [0.2, 0.25) is 5.02 Å². The first-order chi connectivity index (χ1) is 25.9. The molecule has 5 aromatic rings. The Morgan fingerprint density at radius 1 is 1.02 bits per heavy atom. The van der Waals surface area contributed by atoms with Crippen LogP contribution in [0.25, 0.3) is 22.0 Å². The molecule has 3 heterocycles. The Balaban J connectivity index is 1.29. The molecule has 0 saturated carbocycles. The van der Waals surface area contributed by atoms with Gasteiger partial charge in [-0.05, 0) is 52.5 Å². The van der Waals surface area contributed by atoms with Crippen LogP contribution < -0.4 is 20.3 Å². The zero-order valence-corrected chi connectivity index (χ0v) is 31.2. The Kier molecular flexibility index (Phi) is 11.3. The summed E-state index contributed by atoms with van der Waals surface area (Å²) >= 11 is 6.78. The zero-order chi connectivity index (χ0) is 38.4. The number of hydrogen-bond donors (Lipinski definition) is 1. The Morgan fingerprint density at radius 2 is 1.80 bits per heavy atom. The normalized spacial score (nSPS) is 12.8. The van der Waals surface area contributed by atoms with Gasteiger partial charge in [-0.25, -0.2) is 4.98 Å². The maximum absolute atomic E-state index is 14.5. The van der Waals surface area contributed by atoms with E-state index >= 15 is 0 Å². The van der Waals surface area contributed by atoms with Gasteiger partial charge < -0.3 is 34.0 Å². The number of hydrogen-bond acceptors (Lipinski definition) is 9. The number of ether oxygens (including phenoxy) is 2. The number of benzene rings is 3. The lowest BCUT2D eigenvalue weighted by Gasteiger charge is -2.28. The predicted octanol–water partition coefficient (Wildman–Crippen LogP) is 7.23. The first kappa shape index (κ1) is 37.6. The molecule has 0 aliphatic carbocycles. The average Bonchev–Trinajstić information content (AvgIpc) is 3.61. The first-order valence-corrected chi connectivity index (χ1v) is 17.6. The van der Waals surface area contributed by atoms with Crippen molar-refractivity contribution >= 4 is 46.0 Å². The largest absolute Gasteiger partial charge is 0.497 e. The van der Waals surface area contributed by atoms with E-state index in [4.69, 9.17) is 21.1 Å². The molecule has 3 aromatic carbocycles. The molecular formula is C41H40ClN6O6+. The summed E-state index contributed by atoms with van der Waals surface area (Å²) in [6.45, 7) is 1.15. The Labute approximate surface area is 317 Å². The van der Waals surface area contributed by atoms with Crippen molar-refractivity contribution in [3.8, 4) is 22.6 Å². The Morgan fingerprint density at radius 3 is 2.54 bits per heavy atom. The number of quaternary nitrogens is 1. The number of methoxy groups -OCH3 is 2. The lowest BCUT2D eigenvalue weighted by atomic mass is 10.0. The number of aromatic nitrogens is 2. The minimum atomic E-state index is -0.451. The van der Waals surface area contributed by atoms with Crippen LogP contribution in [0.4, 0.5) is 11.5 Å². The number of pyridine rings is 2. The molecule has 6 rings (SSSR count). The molecule has 54 heavy (non-hydrogen) atoms. The fourth-order valence-electron chi connectivity index (χ4n) is 6.46. The summed E-state index contributed by atoms with van der Waals surface area (Å²) in [5.74, 6) is 1.24. The van der Waals surface area contributed by atoms with E-state index in [0.717, 1.165) is 16.8 Å². The van der Waals surface area contributed by atoms with Crippen molar-refractivity contribution in [1.82, 2.24) is 9.55 Å². The van der Waals surface area contributed by atoms with Crippen molar-refractivity contribution in [2.75, 3.05) is 46.7 Å². The van der Waals surface area contributed by atoms with Gasteiger partial charge in [0.05, 0.1) is 57.5 Å². The Hall–Kier alpha value is -6.11. The highest BCUT2D eigenvalue weighted by Crippen LogP contribution is 2.39. The maximum atomic E-state index is 14.5. The molecule has 0 saturated heterocycles. The number of nitrogens with zero attached hydrogens (tertiary/aromatic N) is 5. The monoisotopic (exact) mass is 747 g/mol. The SMILES string of the molecule is COc1cc(OC)c(Cl)c(-c2cc3cnc(Nc4ccccc4)cc3n(Cc3cccc(CC(=O)/C=C/C[N+](C)(C)CC4=C([N+](=O)[O-])N=CC4)c3)c2=O)c1. The van der Waals surface area contributed by atoms with Crippen molar-refractivity contribution in [2.24, 2.45) is 4.99 Å². The highest BCUT2D eigenvalue weighted by molar-refractivity contribution is 6.35. The summed E-state index contributed by atoms with van der Waals surface area (Å²) in [7, 11) is 6.95. The molecule has 0 fully saturated rings. The molecule has 0 bridgehead atoms. The van der Waals surface area contributed by atoms with Gasteiger partial charge in [0.1, 0.15) is 30.1 Å². The van der Waals surface area contributed by atoms with E-state index in [1.165, 1.54) is 14.2 Å². The highest BCUT2D eigenvalue weighted by atomic mass is 35.5. The number of ketones is 1. The molecule has 0 atom stereocenters. The van der Waals surface area contributed by atoms with Gasteiger partial charge in [0.2, 0.25) is 0 Å². The minimum absolute atomic E-state index is 0.0875. The second-order valence-corrected chi connectivity index (χ2v) is 14.0. The van der Waals surface area contributed by atoms with Crippen molar-refractivity contribution in [3.05, 3.63) is 145 Å². The fraction of sp³-hybridized carbons (Fsp3) is 0.220. The van der Waals surface area contributed by atoms with Gasteiger partial charge in [0.25, 0.3) is 5.56 Å². The number of nitrogens with one attached hydrogen (secondary N) is 1. The molecule has 0 amide bonds. The molecule has 2 aromatic heterocycles. The molecule has 0 unspecified atom stereocenters. The van der Waals surface area contributed by atoms with Crippen molar-refractivity contribution < 1.29 is 23.7 Å². The lowest BCUT2D eigenvalue weighted by molar-refractivity contribution is -0.880. The van der Waals surface area contributed by atoms with Crippen LogP contribution in [0, 0.1) is 10.1 Å². The van der Waals surface area contributed by atoms with E-state index in [1.807, 2.05) is 74.8 Å². The summed E-state index contributed by atoms with van der Waals surface area (Å²) in [6, 6.07) is 24.2. The molecule has 1 aliphatic rings. The van der Waals surface area contributed by atoms with Crippen LogP contribution in [0.15, 0.2) is 118 Å². The van der Waals surface area contributed by atoms with Gasteiger partial charge >= 0.3 is 5.82 Å². The Bertz CT molecular complexity index is 2390. The van der Waals surface area contributed by atoms with Crippen LogP contribution in [-0.4, -0.2) is 72.4 Å². The van der Waals surface area contributed by atoms with E-state index in [-0.39, 0.29) is 35.2 Å². The van der Waals surface area contributed by atoms with Crippen LogP contribution in [-0.2, 0) is 17.8 Å². The standard InChI is InChI=1S/C41H39ClN6O6/c1-48(2,26-29-15-16-43-40(29)47(51)52)17-9-14-32(49)19-27-10-8-11-28(18-27)25-46-36-23-38(45-31-12-6-5-7-13-31)44-24-30(36)20-35(41(46)50)34-21-33(53-3)22-37(54-4)39(34)42/h5-14,16,18,20-24H,15,17,19,25-26H2,1-4H3/p+1/b14-9+. The second-order valence-electron chi connectivity index (χ2n) is 13.6. The number of aliphatic imine (C=N–C) groups is 1. The molecule has 276 valence electrons. The number of para-hydroxylation sites is 1. The molecular weight excluding hydrogens is 708 g/mol. The number of rotatable bonds is 15. The minimum Gasteiger partial charge on any atom is -0.497 e. The third-order valence-electron chi connectivity index (χ3n) is 9.06. The summed E-state index contributed by atoms with van der Waals surface area (Å²) < 4.78 is 13.1. The van der Waals surface area contributed by atoms with Crippen molar-refractivity contribution in [3.63, 3.8) is 0 Å². The van der Waals surface area contributed by atoms with Gasteiger partial charge in [-0.3, -0.25) is 9.59 Å². The van der Waals surface area contributed by atoms with E-state index < -0.39 is 4.92 Å². The third kappa shape index (κ3) is 8.74. The number of likely N-dealkylation sites (N-methyl/N-ethyl adjacent to an activating group) is 1. The van der Waals surface area contributed by atoms with E-state index in [1.54, 1.807) is 47.3 Å². The van der Waals surface area contributed by atoms with Gasteiger partial charge in [0.15, 0.2) is 5.78 Å². The van der Waals surface area contributed by atoms with E-state index in [9.17, 15) is 19.7 Å². The number of nitro groups is 1. The van der Waals surface area contributed by atoms with Crippen LogP contribution in [0.3, 0.4) is 0 Å². The highest BCUT2D eigenvalue weighted by Gasteiger charge is 2.28. The summed E-state index contributed by atoms with van der Waals surface area (Å²) in [4.78, 5) is 47.0. The number of anilines is 2.